The van der Waals surface area contributed by atoms with E-state index >= 15 is 0 Å². The van der Waals surface area contributed by atoms with Gasteiger partial charge in [-0.3, -0.25) is 0 Å². The monoisotopic (exact) mass is 200 g/mol. The maximum absolute atomic E-state index is 11.1. The highest BCUT2D eigenvalue weighted by atomic mass is 16.6. The van der Waals surface area contributed by atoms with Crippen molar-refractivity contribution in [3.63, 3.8) is 0 Å². The molecule has 82 valence electrons. The maximum atomic E-state index is 11.1. The first-order valence-electron chi connectivity index (χ1n) is 5.36. The van der Waals surface area contributed by atoms with E-state index in [1.165, 1.54) is 20.0 Å². The van der Waals surface area contributed by atoms with Crippen LogP contribution in [0.5, 0.6) is 0 Å². The lowest BCUT2D eigenvalue weighted by Gasteiger charge is -2.28. The molecule has 0 amide bonds. The zero-order valence-electron chi connectivity index (χ0n) is 9.29. The second-order valence-electron chi connectivity index (χ2n) is 4.20. The van der Waals surface area contributed by atoms with Gasteiger partial charge < -0.3 is 9.47 Å². The Labute approximate surface area is 85.8 Å². The second kappa shape index (κ2) is 5.35. The molecule has 1 fully saturated rings. The minimum atomic E-state index is -0.421. The molecular formula is C11H20O3. The Bertz CT molecular complexity index is 191. The second-order valence-corrected chi connectivity index (χ2v) is 4.20. The van der Waals surface area contributed by atoms with Crippen molar-refractivity contribution in [3.05, 3.63) is 0 Å². The van der Waals surface area contributed by atoms with E-state index in [1.54, 1.807) is 6.92 Å². The van der Waals surface area contributed by atoms with Gasteiger partial charge in [0.1, 0.15) is 0 Å². The molecular weight excluding hydrogens is 180 g/mol. The van der Waals surface area contributed by atoms with Crippen LogP contribution in [0, 0.1) is 5.92 Å². The summed E-state index contributed by atoms with van der Waals surface area (Å²) in [5.74, 6) is 0.446. The van der Waals surface area contributed by atoms with Crippen LogP contribution >= 0.6 is 0 Å². The molecule has 0 radical (unpaired) electrons. The first-order valence-corrected chi connectivity index (χ1v) is 5.36. The van der Waals surface area contributed by atoms with Gasteiger partial charge in [0.25, 0.3) is 0 Å². The number of hydrogen-bond donors (Lipinski definition) is 0. The lowest BCUT2D eigenvalue weighted by molar-refractivity contribution is -0.158. The van der Waals surface area contributed by atoms with Crippen molar-refractivity contribution in [1.29, 1.82) is 0 Å². The minimum absolute atomic E-state index is 0.243. The van der Waals surface area contributed by atoms with Crippen molar-refractivity contribution in [2.24, 2.45) is 5.92 Å². The van der Waals surface area contributed by atoms with E-state index in [4.69, 9.17) is 4.74 Å². The summed E-state index contributed by atoms with van der Waals surface area (Å²) in [4.78, 5) is 11.1. The molecule has 0 aliphatic heterocycles. The van der Waals surface area contributed by atoms with Crippen molar-refractivity contribution < 1.29 is 14.3 Å². The summed E-state index contributed by atoms with van der Waals surface area (Å²) in [7, 11) is 1.39. The van der Waals surface area contributed by atoms with Crippen molar-refractivity contribution in [2.75, 3.05) is 7.11 Å². The van der Waals surface area contributed by atoms with Gasteiger partial charge in [-0.05, 0) is 25.7 Å². The van der Waals surface area contributed by atoms with E-state index in [2.05, 4.69) is 11.7 Å². The molecule has 3 atom stereocenters. The van der Waals surface area contributed by atoms with Crippen LogP contribution in [0.15, 0.2) is 0 Å². The van der Waals surface area contributed by atoms with Crippen LogP contribution in [0.3, 0.4) is 0 Å². The van der Waals surface area contributed by atoms with Crippen molar-refractivity contribution in [1.82, 2.24) is 0 Å². The van der Waals surface area contributed by atoms with Gasteiger partial charge in [0.15, 0.2) is 6.10 Å². The molecule has 0 saturated heterocycles. The molecule has 0 bridgehead atoms. The third-order valence-corrected chi connectivity index (χ3v) is 2.82. The van der Waals surface area contributed by atoms with Crippen molar-refractivity contribution >= 4 is 5.97 Å². The highest BCUT2D eigenvalue weighted by Crippen LogP contribution is 2.26. The predicted octanol–water partition coefficient (Wildman–Crippen LogP) is 2.14. The molecule has 14 heavy (non-hydrogen) atoms. The molecule has 3 nitrogen and oxygen atoms in total. The van der Waals surface area contributed by atoms with Crippen LogP contribution in [0.1, 0.15) is 39.5 Å². The maximum Gasteiger partial charge on any atom is 0.334 e. The summed E-state index contributed by atoms with van der Waals surface area (Å²) < 4.78 is 10.3. The van der Waals surface area contributed by atoms with Crippen LogP contribution in [-0.4, -0.2) is 25.3 Å². The van der Waals surface area contributed by atoms with Gasteiger partial charge in [0.05, 0.1) is 13.2 Å². The molecule has 0 heterocycles. The van der Waals surface area contributed by atoms with Gasteiger partial charge in [-0.1, -0.05) is 19.8 Å². The fourth-order valence-electron chi connectivity index (χ4n) is 2.01. The summed E-state index contributed by atoms with van der Waals surface area (Å²) in [5.41, 5.74) is 0. The minimum Gasteiger partial charge on any atom is -0.467 e. The van der Waals surface area contributed by atoms with Gasteiger partial charge in [-0.2, -0.15) is 0 Å². The fraction of sp³-hybridized carbons (Fsp3) is 0.909. The molecule has 1 saturated carbocycles. The topological polar surface area (TPSA) is 35.5 Å². The molecule has 3 unspecified atom stereocenters. The van der Waals surface area contributed by atoms with Crippen LogP contribution in [0.25, 0.3) is 0 Å². The van der Waals surface area contributed by atoms with Gasteiger partial charge >= 0.3 is 5.97 Å². The van der Waals surface area contributed by atoms with Crippen molar-refractivity contribution in [3.8, 4) is 0 Å². The average molecular weight is 200 g/mol. The van der Waals surface area contributed by atoms with Gasteiger partial charge in [-0.15, -0.1) is 0 Å². The molecule has 1 aliphatic rings. The van der Waals surface area contributed by atoms with E-state index in [0.717, 1.165) is 18.8 Å². The third kappa shape index (κ3) is 3.29. The van der Waals surface area contributed by atoms with Gasteiger partial charge in [0, 0.05) is 0 Å². The summed E-state index contributed by atoms with van der Waals surface area (Å²) in [6.45, 7) is 3.99. The van der Waals surface area contributed by atoms with E-state index in [1.807, 2.05) is 0 Å². The van der Waals surface area contributed by atoms with E-state index in [9.17, 15) is 4.79 Å². The van der Waals surface area contributed by atoms with E-state index in [0.29, 0.717) is 0 Å². The molecule has 0 N–H and O–H groups in total. The molecule has 3 heteroatoms. The molecule has 1 rings (SSSR count). The number of methoxy groups -OCH3 is 1. The zero-order valence-corrected chi connectivity index (χ0v) is 9.29. The molecule has 0 spiro atoms. The van der Waals surface area contributed by atoms with Crippen LogP contribution < -0.4 is 0 Å². The Morgan fingerprint density at radius 1 is 1.43 bits per heavy atom. The quantitative estimate of drug-likeness (QED) is 0.655. The molecule has 0 aromatic carbocycles. The summed E-state index contributed by atoms with van der Waals surface area (Å²) in [6.07, 6.45) is 4.46. The van der Waals surface area contributed by atoms with Crippen LogP contribution in [-0.2, 0) is 14.3 Å². The fourth-order valence-corrected chi connectivity index (χ4v) is 2.01. The molecule has 0 aromatic heterocycles. The van der Waals surface area contributed by atoms with Crippen LogP contribution in [0.2, 0.25) is 0 Å². The van der Waals surface area contributed by atoms with Crippen molar-refractivity contribution in [2.45, 2.75) is 51.7 Å². The predicted molar refractivity (Wildman–Crippen MR) is 54.0 cm³/mol. The largest absolute Gasteiger partial charge is 0.467 e. The van der Waals surface area contributed by atoms with Gasteiger partial charge in [0.2, 0.25) is 0 Å². The lowest BCUT2D eigenvalue weighted by atomic mass is 9.88. The molecule has 0 aromatic rings. The first kappa shape index (κ1) is 11.5. The van der Waals surface area contributed by atoms with E-state index < -0.39 is 6.10 Å². The standard InChI is InChI=1S/C11H20O3/c1-8-5-4-6-10(7-8)14-9(2)11(12)13-3/h8-10H,4-7H2,1-3H3. The number of carbonyl (C=O) groups is 1. The number of carbonyl (C=O) groups excluding carboxylic acids is 1. The Kier molecular flexibility index (Phi) is 4.39. The smallest absolute Gasteiger partial charge is 0.334 e. The summed E-state index contributed by atoms with van der Waals surface area (Å²) in [6, 6.07) is 0. The Balaban J connectivity index is 2.32. The third-order valence-electron chi connectivity index (χ3n) is 2.82. The summed E-state index contributed by atoms with van der Waals surface area (Å²) in [5, 5.41) is 0. The first-order chi connectivity index (χ1) is 6.63. The van der Waals surface area contributed by atoms with Crippen LogP contribution in [0.4, 0.5) is 0 Å². The lowest BCUT2D eigenvalue weighted by Crippen LogP contribution is -2.30. The number of hydrogen-bond acceptors (Lipinski definition) is 3. The highest BCUT2D eigenvalue weighted by molar-refractivity contribution is 5.73. The highest BCUT2D eigenvalue weighted by Gasteiger charge is 2.24. The number of rotatable bonds is 3. The zero-order chi connectivity index (χ0) is 10.6. The molecule has 1 aliphatic carbocycles. The van der Waals surface area contributed by atoms with E-state index in [-0.39, 0.29) is 12.1 Å². The number of esters is 1. The summed E-state index contributed by atoms with van der Waals surface area (Å²) >= 11 is 0. The Morgan fingerprint density at radius 3 is 2.71 bits per heavy atom. The normalized spacial score (nSPS) is 29.6. The number of ether oxygens (including phenoxy) is 2. The average Bonchev–Trinajstić information content (AvgIpc) is 2.16. The Hall–Kier alpha value is -0.570. The Morgan fingerprint density at radius 2 is 2.14 bits per heavy atom. The SMILES string of the molecule is COC(=O)C(C)OC1CCCC(C)C1. The van der Waals surface area contributed by atoms with Gasteiger partial charge in [-0.25, -0.2) is 4.79 Å².